The normalized spacial score (nSPS) is 28.8. The molecular formula is C42H49N7O7S2. The average molecular weight is 828 g/mol. The molecule has 3 aromatic heterocycles. The quantitative estimate of drug-likeness (QED) is 0.0842. The van der Waals surface area contributed by atoms with Gasteiger partial charge in [-0.3, -0.25) is 4.79 Å². The number of fused-ring (bicyclic) bond motifs is 8. The van der Waals surface area contributed by atoms with Crippen LogP contribution in [0, 0.1) is 6.92 Å². The van der Waals surface area contributed by atoms with Gasteiger partial charge in [-0.05, 0) is 63.6 Å². The fraction of sp³-hybridized carbons (Fsp3) is 0.429. The topological polar surface area (TPSA) is 207 Å². The Hall–Kier alpha value is -4.90. The molecule has 2 bridgehead atoms. The highest BCUT2D eigenvalue weighted by Gasteiger charge is 2.63. The van der Waals surface area contributed by atoms with Crippen molar-refractivity contribution in [1.29, 1.82) is 0 Å². The van der Waals surface area contributed by atoms with Crippen LogP contribution >= 0.6 is 21.6 Å². The Morgan fingerprint density at radius 1 is 1.12 bits per heavy atom. The molecule has 4 aromatic rings. The number of phenols is 1. The predicted octanol–water partition coefficient (Wildman–Crippen LogP) is 4.47. The first-order valence-electron chi connectivity index (χ1n) is 19.7. The first-order valence-corrected chi connectivity index (χ1v) is 22.2. The molecule has 1 aromatic carbocycles. The second kappa shape index (κ2) is 15.0. The summed E-state index contributed by atoms with van der Waals surface area (Å²) < 4.78 is 27.5. The zero-order valence-electron chi connectivity index (χ0n) is 32.7. The monoisotopic (exact) mass is 827 g/mol. The Bertz CT molecular complexity index is 2460. The minimum atomic E-state index is -1.15. The highest BCUT2D eigenvalue weighted by atomic mass is 33.1. The van der Waals surface area contributed by atoms with Crippen molar-refractivity contribution in [3.8, 4) is 11.5 Å². The first-order chi connectivity index (χ1) is 27.9. The van der Waals surface area contributed by atoms with Crippen molar-refractivity contribution in [2.24, 2.45) is 11.5 Å². The fourth-order valence-corrected chi connectivity index (χ4v) is 11.2. The van der Waals surface area contributed by atoms with E-state index in [2.05, 4.69) is 56.1 Å². The Balaban J connectivity index is 1.04. The lowest BCUT2D eigenvalue weighted by atomic mass is 9.86. The molecule has 1 saturated heterocycles. The van der Waals surface area contributed by atoms with Crippen molar-refractivity contribution in [2.75, 3.05) is 25.1 Å². The van der Waals surface area contributed by atoms with Crippen LogP contribution in [0.1, 0.15) is 43.9 Å². The lowest BCUT2D eigenvalue weighted by Crippen LogP contribution is -2.53. The van der Waals surface area contributed by atoms with Gasteiger partial charge in [-0.15, -0.1) is 0 Å². The van der Waals surface area contributed by atoms with Gasteiger partial charge in [0.05, 0.1) is 29.5 Å². The van der Waals surface area contributed by atoms with Crippen LogP contribution in [0.3, 0.4) is 0 Å². The molecule has 6 unspecified atom stereocenters. The SMILES string of the molecule is CNCCC12OC1CCC1=CC(NC(N)=C1)C1=CC(Cn3cc4cc[nH]c4c3)NC(N)=C1CSSCCC1(C)Oc3cc4oc(C)cc(=O)c4c(O)c3CC1OC2=O. The molecule has 0 saturated carbocycles. The Morgan fingerprint density at radius 2 is 1.98 bits per heavy atom. The molecule has 14 nitrogen and oxygen atoms in total. The smallest absolute Gasteiger partial charge is 0.341 e. The molecule has 0 spiro atoms. The van der Waals surface area contributed by atoms with Gasteiger partial charge in [-0.1, -0.05) is 33.7 Å². The lowest BCUT2D eigenvalue weighted by Gasteiger charge is -2.42. The summed E-state index contributed by atoms with van der Waals surface area (Å²) in [6.45, 7) is 4.85. The predicted molar refractivity (Wildman–Crippen MR) is 226 cm³/mol. The molecule has 58 heavy (non-hydrogen) atoms. The number of carbonyl (C=O) groups excluding carboxylic acids is 1. The van der Waals surface area contributed by atoms with Gasteiger partial charge in [0.15, 0.2) is 11.0 Å². The Kier molecular flexibility index (Phi) is 10.0. The molecule has 306 valence electrons. The van der Waals surface area contributed by atoms with Crippen LogP contribution in [0.15, 0.2) is 92.6 Å². The van der Waals surface area contributed by atoms with E-state index in [4.69, 9.17) is 30.1 Å². The summed E-state index contributed by atoms with van der Waals surface area (Å²) in [6, 6.07) is 4.80. The number of phenolic OH excluding ortho intramolecular Hbond substituents is 1. The van der Waals surface area contributed by atoms with E-state index in [-0.39, 0.29) is 46.8 Å². The molecule has 6 atom stereocenters. The summed E-state index contributed by atoms with van der Waals surface area (Å²) in [5.41, 5.74) is 15.8. The number of hydrogen-bond donors (Lipinski definition) is 7. The molecule has 0 radical (unpaired) electrons. The van der Waals surface area contributed by atoms with Gasteiger partial charge in [-0.25, -0.2) is 4.79 Å². The minimum absolute atomic E-state index is 0.0630. The van der Waals surface area contributed by atoms with Crippen LogP contribution in [0.4, 0.5) is 0 Å². The van der Waals surface area contributed by atoms with E-state index in [0.717, 1.165) is 27.6 Å². The van der Waals surface area contributed by atoms with Crippen LogP contribution in [0.25, 0.3) is 21.9 Å². The third-order valence-electron chi connectivity index (χ3n) is 12.0. The van der Waals surface area contributed by atoms with E-state index in [1.54, 1.807) is 34.6 Å². The second-order valence-corrected chi connectivity index (χ2v) is 18.6. The van der Waals surface area contributed by atoms with Crippen molar-refractivity contribution in [1.82, 2.24) is 25.5 Å². The molecule has 5 aliphatic rings. The van der Waals surface area contributed by atoms with E-state index in [1.165, 1.54) is 6.07 Å². The van der Waals surface area contributed by atoms with Crippen molar-refractivity contribution in [2.45, 2.75) is 88.0 Å². The maximum absolute atomic E-state index is 14.4. The van der Waals surface area contributed by atoms with Gasteiger partial charge in [0.2, 0.25) is 0 Å². The molecule has 16 heteroatoms. The molecule has 5 aliphatic heterocycles. The average Bonchev–Trinajstić information content (AvgIpc) is 3.49. The molecular weight excluding hydrogens is 779 g/mol. The number of aromatic hydroxyl groups is 1. The number of epoxide rings is 1. The largest absolute Gasteiger partial charge is 0.507 e. The number of aryl methyl sites for hydroxylation is 1. The number of H-pyrrole nitrogens is 1. The van der Waals surface area contributed by atoms with E-state index in [1.807, 2.05) is 26.2 Å². The third kappa shape index (κ3) is 7.13. The number of ether oxygens (including phenoxy) is 3. The standard InChI is InChI=1S/C42H49N7O7S2/c1-22-12-31(50)37-33(53-22)17-32-27(38(37)51)16-35-41(2,55-32)8-11-57-58-21-28-26(15-25(47-39(28)44)19-49-18-24-6-9-46-30(24)20-49)29-13-23(14-36(43)48-29)4-5-34-42(56-34,7-10-45-3)40(52)54-35/h6,9,12-15,17-18,20,25,29,34-35,45-48,51H,4-5,7-8,10-11,16,19,21,43-44H2,1-3H3. The number of hydrogen-bond acceptors (Lipinski definition) is 14. The number of carbonyl (C=O) groups is 1. The van der Waals surface area contributed by atoms with Crippen LogP contribution in [-0.2, 0) is 27.2 Å². The van der Waals surface area contributed by atoms with Gasteiger partial charge >= 0.3 is 5.97 Å². The third-order valence-corrected chi connectivity index (χ3v) is 14.3. The van der Waals surface area contributed by atoms with Gasteiger partial charge in [0, 0.05) is 84.6 Å². The number of nitrogens with two attached hydrogens (primary N) is 2. The summed E-state index contributed by atoms with van der Waals surface area (Å²) in [7, 11) is 5.21. The summed E-state index contributed by atoms with van der Waals surface area (Å²) >= 11 is 0. The highest BCUT2D eigenvalue weighted by Crippen LogP contribution is 2.48. The van der Waals surface area contributed by atoms with E-state index in [0.29, 0.717) is 79.0 Å². The number of aromatic nitrogens is 2. The van der Waals surface area contributed by atoms with Crippen LogP contribution in [-0.4, -0.2) is 81.2 Å². The zero-order valence-corrected chi connectivity index (χ0v) is 34.3. The summed E-state index contributed by atoms with van der Waals surface area (Å²) in [5, 5.41) is 22.9. The zero-order chi connectivity index (χ0) is 40.3. The van der Waals surface area contributed by atoms with Gasteiger partial charge in [-0.2, -0.15) is 0 Å². The van der Waals surface area contributed by atoms with Crippen LogP contribution < -0.4 is 37.6 Å². The van der Waals surface area contributed by atoms with Crippen LogP contribution in [0.2, 0.25) is 0 Å². The molecule has 9 rings (SSSR count). The van der Waals surface area contributed by atoms with E-state index >= 15 is 0 Å². The Labute approximate surface area is 343 Å². The van der Waals surface area contributed by atoms with E-state index in [9.17, 15) is 14.7 Å². The van der Waals surface area contributed by atoms with Crippen molar-refractivity contribution in [3.63, 3.8) is 0 Å². The summed E-state index contributed by atoms with van der Waals surface area (Å²) in [4.78, 5) is 30.7. The number of aromatic amines is 1. The van der Waals surface area contributed by atoms with E-state index < -0.39 is 23.3 Å². The Morgan fingerprint density at radius 3 is 2.81 bits per heavy atom. The highest BCUT2D eigenvalue weighted by molar-refractivity contribution is 8.76. The molecule has 0 amide bonds. The molecule has 1 fully saturated rings. The number of nitrogens with one attached hydrogen (secondary N) is 4. The number of dihydropyridines is 2. The second-order valence-electron chi connectivity index (χ2n) is 16.1. The number of esters is 1. The molecule has 9 N–H and O–H groups in total. The number of benzene rings is 1. The minimum Gasteiger partial charge on any atom is -0.507 e. The maximum Gasteiger partial charge on any atom is 0.341 e. The maximum atomic E-state index is 14.4. The van der Waals surface area contributed by atoms with Gasteiger partial charge in [0.1, 0.15) is 45.8 Å². The number of nitrogens with zero attached hydrogens (tertiary/aromatic N) is 1. The van der Waals surface area contributed by atoms with Gasteiger partial charge < -0.3 is 60.7 Å². The lowest BCUT2D eigenvalue weighted by molar-refractivity contribution is -0.169. The summed E-state index contributed by atoms with van der Waals surface area (Å²) in [5.74, 6) is 2.60. The summed E-state index contributed by atoms with van der Waals surface area (Å²) in [6.07, 6.45) is 13.7. The molecule has 0 aliphatic carbocycles. The number of rotatable bonds is 5. The fourth-order valence-electron chi connectivity index (χ4n) is 8.81. The number of allylic oxidation sites excluding steroid dienone is 2. The van der Waals surface area contributed by atoms with Crippen molar-refractivity contribution in [3.05, 3.63) is 105 Å². The first kappa shape index (κ1) is 38.6. The van der Waals surface area contributed by atoms with Crippen molar-refractivity contribution >= 4 is 49.4 Å². The van der Waals surface area contributed by atoms with Crippen LogP contribution in [0.5, 0.6) is 11.5 Å². The molecule has 8 heterocycles. The van der Waals surface area contributed by atoms with Gasteiger partial charge in [0.25, 0.3) is 0 Å². The van der Waals surface area contributed by atoms with Crippen molar-refractivity contribution < 1.29 is 28.5 Å².